The van der Waals surface area contributed by atoms with Crippen LogP contribution in [0.1, 0.15) is 44.8 Å². The van der Waals surface area contributed by atoms with Crippen molar-refractivity contribution in [3.05, 3.63) is 41.6 Å². The van der Waals surface area contributed by atoms with Crippen molar-refractivity contribution in [2.75, 3.05) is 25.0 Å². The number of pyridine rings is 1. The van der Waals surface area contributed by atoms with E-state index < -0.39 is 11.8 Å². The second kappa shape index (κ2) is 7.34. The normalized spacial score (nSPS) is 13.2. The molecule has 11 nitrogen and oxygen atoms in total. The summed E-state index contributed by atoms with van der Waals surface area (Å²) >= 11 is 0. The van der Waals surface area contributed by atoms with Crippen LogP contribution in [-0.2, 0) is 7.05 Å². The van der Waals surface area contributed by atoms with Gasteiger partial charge in [0, 0.05) is 32.9 Å². The largest absolute Gasteiger partial charge is 0.350 e. The summed E-state index contributed by atoms with van der Waals surface area (Å²) in [6, 6.07) is 3.32. The molecule has 0 radical (unpaired) electrons. The summed E-state index contributed by atoms with van der Waals surface area (Å²) in [5.74, 6) is -1.11. The number of rotatable bonds is 5. The number of amides is 3. The zero-order valence-electron chi connectivity index (χ0n) is 16.0. The number of hydrogen-bond acceptors (Lipinski definition) is 6. The van der Waals surface area contributed by atoms with E-state index in [1.54, 1.807) is 37.2 Å². The fraction of sp³-hybridized carbons (Fsp3) is 0.333. The molecular weight excluding hydrogens is 376 g/mol. The molecule has 150 valence electrons. The highest BCUT2D eigenvalue weighted by Crippen LogP contribution is 2.19. The molecule has 1 aliphatic heterocycles. The van der Waals surface area contributed by atoms with Crippen LogP contribution in [-0.4, -0.2) is 66.6 Å². The van der Waals surface area contributed by atoms with Crippen LogP contribution in [0.5, 0.6) is 0 Å². The molecule has 3 aromatic rings. The van der Waals surface area contributed by atoms with Crippen molar-refractivity contribution in [1.29, 1.82) is 0 Å². The summed E-state index contributed by atoms with van der Waals surface area (Å²) in [5.41, 5.74) is 1.09. The highest BCUT2D eigenvalue weighted by Gasteiger charge is 2.29. The lowest BCUT2D eigenvalue weighted by Gasteiger charge is -2.30. The van der Waals surface area contributed by atoms with E-state index >= 15 is 0 Å². The molecule has 2 N–H and O–H groups in total. The number of carbonyl (C=O) groups excluding carboxylic acids is 3. The molecule has 4 rings (SSSR count). The maximum Gasteiger partial charge on any atom is 0.290 e. The highest BCUT2D eigenvalue weighted by atomic mass is 16.2. The first-order valence-corrected chi connectivity index (χ1v) is 9.25. The topological polar surface area (TPSA) is 127 Å². The van der Waals surface area contributed by atoms with Crippen molar-refractivity contribution in [2.24, 2.45) is 7.05 Å². The molecule has 0 atom stereocenters. The molecule has 3 amide bonds. The molecule has 0 saturated carbocycles. The molecule has 0 aliphatic carbocycles. The van der Waals surface area contributed by atoms with Crippen molar-refractivity contribution in [3.8, 4) is 0 Å². The molecule has 0 unspecified atom stereocenters. The number of aryl methyl sites for hydroxylation is 1. The number of aromatic nitrogens is 5. The van der Waals surface area contributed by atoms with E-state index in [1.165, 1.54) is 15.4 Å². The minimum atomic E-state index is -0.496. The zero-order chi connectivity index (χ0) is 20.5. The van der Waals surface area contributed by atoms with E-state index in [2.05, 4.69) is 25.8 Å². The lowest BCUT2D eigenvalue weighted by molar-refractivity contribution is 0.0648. The van der Waals surface area contributed by atoms with Crippen LogP contribution in [0.15, 0.2) is 24.5 Å². The van der Waals surface area contributed by atoms with Crippen molar-refractivity contribution in [1.82, 2.24) is 34.6 Å². The second-order valence-electron chi connectivity index (χ2n) is 6.62. The summed E-state index contributed by atoms with van der Waals surface area (Å²) in [6.45, 7) is 3.60. The lowest BCUT2D eigenvalue weighted by atomic mass is 10.1. The van der Waals surface area contributed by atoms with Gasteiger partial charge in [-0.05, 0) is 25.5 Å². The first kappa shape index (κ1) is 18.6. The van der Waals surface area contributed by atoms with E-state index in [0.29, 0.717) is 31.0 Å². The molecule has 4 heterocycles. The third kappa shape index (κ3) is 3.30. The Hall–Kier alpha value is -3.76. The van der Waals surface area contributed by atoms with E-state index in [1.807, 2.05) is 0 Å². The average molecular weight is 396 g/mol. The molecule has 29 heavy (non-hydrogen) atoms. The lowest BCUT2D eigenvalue weighted by Crippen LogP contribution is -2.42. The first-order valence-electron chi connectivity index (χ1n) is 9.25. The SMILES string of the molecule is CCNC(=O)c1nc2c(NC(=O)c3c(C(=O)N4CCC4)cnn3C)cccn2n1. The Bertz CT molecular complexity index is 1110. The predicted molar refractivity (Wildman–Crippen MR) is 103 cm³/mol. The Kier molecular flexibility index (Phi) is 4.71. The van der Waals surface area contributed by atoms with Crippen LogP contribution in [0, 0.1) is 0 Å². The monoisotopic (exact) mass is 396 g/mol. The van der Waals surface area contributed by atoms with Gasteiger partial charge < -0.3 is 15.5 Å². The van der Waals surface area contributed by atoms with Gasteiger partial charge in [-0.25, -0.2) is 9.50 Å². The zero-order valence-corrected chi connectivity index (χ0v) is 16.0. The number of nitrogens with zero attached hydrogens (tertiary/aromatic N) is 6. The summed E-state index contributed by atoms with van der Waals surface area (Å²) in [4.78, 5) is 43.5. The van der Waals surface area contributed by atoms with Gasteiger partial charge in [-0.3, -0.25) is 19.1 Å². The van der Waals surface area contributed by atoms with Crippen LogP contribution in [0.25, 0.3) is 5.65 Å². The molecule has 0 bridgehead atoms. The van der Waals surface area contributed by atoms with Gasteiger partial charge in [-0.1, -0.05) is 0 Å². The molecule has 3 aromatic heterocycles. The van der Waals surface area contributed by atoms with Crippen LogP contribution in [0.3, 0.4) is 0 Å². The van der Waals surface area contributed by atoms with Gasteiger partial charge in [-0.15, -0.1) is 5.10 Å². The molecular formula is C18H20N8O3. The molecule has 11 heteroatoms. The van der Waals surface area contributed by atoms with E-state index in [4.69, 9.17) is 0 Å². The quantitative estimate of drug-likeness (QED) is 0.639. The first-order chi connectivity index (χ1) is 14.0. The Balaban J connectivity index is 1.64. The van der Waals surface area contributed by atoms with Crippen molar-refractivity contribution in [3.63, 3.8) is 0 Å². The van der Waals surface area contributed by atoms with Gasteiger partial charge in [0.25, 0.3) is 17.7 Å². The van der Waals surface area contributed by atoms with Crippen molar-refractivity contribution in [2.45, 2.75) is 13.3 Å². The molecule has 0 aromatic carbocycles. The minimum absolute atomic E-state index is 0.00253. The van der Waals surface area contributed by atoms with Crippen LogP contribution in [0.4, 0.5) is 5.69 Å². The molecule has 1 saturated heterocycles. The van der Waals surface area contributed by atoms with E-state index in [-0.39, 0.29) is 23.0 Å². The number of fused-ring (bicyclic) bond motifs is 1. The predicted octanol–water partition coefficient (Wildman–Crippen LogP) is 0.311. The van der Waals surface area contributed by atoms with Gasteiger partial charge in [-0.2, -0.15) is 5.10 Å². The summed E-state index contributed by atoms with van der Waals surface area (Å²) in [7, 11) is 1.60. The van der Waals surface area contributed by atoms with Gasteiger partial charge in [0.05, 0.1) is 17.4 Å². The Morgan fingerprint density at radius 2 is 2.00 bits per heavy atom. The maximum absolute atomic E-state index is 13.0. The summed E-state index contributed by atoms with van der Waals surface area (Å²) in [6.07, 6.45) is 3.99. The maximum atomic E-state index is 13.0. The van der Waals surface area contributed by atoms with Crippen molar-refractivity contribution >= 4 is 29.1 Å². The van der Waals surface area contributed by atoms with Crippen LogP contribution >= 0.6 is 0 Å². The standard InChI is InChI=1S/C18H20N8O3/c1-3-19-17(28)14-22-15-12(6-4-9-26(15)23-14)21-16(27)13-11(10-20-24(13)2)18(29)25-7-5-8-25/h4,6,9-10H,3,5,7-8H2,1-2H3,(H,19,28)(H,21,27). The summed E-state index contributed by atoms with van der Waals surface area (Å²) in [5, 5.41) is 13.6. The third-order valence-electron chi connectivity index (χ3n) is 4.68. The highest BCUT2D eigenvalue weighted by molar-refractivity contribution is 6.12. The van der Waals surface area contributed by atoms with E-state index in [0.717, 1.165) is 6.42 Å². The fourth-order valence-corrected chi connectivity index (χ4v) is 3.07. The van der Waals surface area contributed by atoms with E-state index in [9.17, 15) is 14.4 Å². The number of nitrogens with one attached hydrogen (secondary N) is 2. The Morgan fingerprint density at radius 1 is 1.21 bits per heavy atom. The molecule has 0 spiro atoms. The second-order valence-corrected chi connectivity index (χ2v) is 6.62. The summed E-state index contributed by atoms with van der Waals surface area (Å²) < 4.78 is 2.78. The van der Waals surface area contributed by atoms with Gasteiger partial charge in [0.1, 0.15) is 5.69 Å². The number of anilines is 1. The van der Waals surface area contributed by atoms with Gasteiger partial charge >= 0.3 is 0 Å². The minimum Gasteiger partial charge on any atom is -0.350 e. The third-order valence-corrected chi connectivity index (χ3v) is 4.68. The Morgan fingerprint density at radius 3 is 2.69 bits per heavy atom. The number of carbonyl (C=O) groups is 3. The average Bonchev–Trinajstić information content (AvgIpc) is 3.24. The number of hydrogen-bond donors (Lipinski definition) is 2. The Labute approximate surface area is 165 Å². The van der Waals surface area contributed by atoms with Crippen LogP contribution in [0.2, 0.25) is 0 Å². The van der Waals surface area contributed by atoms with Gasteiger partial charge in [0.15, 0.2) is 5.65 Å². The smallest absolute Gasteiger partial charge is 0.290 e. The van der Waals surface area contributed by atoms with Crippen LogP contribution < -0.4 is 10.6 Å². The van der Waals surface area contributed by atoms with Crippen molar-refractivity contribution < 1.29 is 14.4 Å². The molecule has 1 aliphatic rings. The van der Waals surface area contributed by atoms with Gasteiger partial charge in [0.2, 0.25) is 5.82 Å². The molecule has 1 fully saturated rings. The fourth-order valence-electron chi connectivity index (χ4n) is 3.07. The number of likely N-dealkylation sites (tertiary alicyclic amines) is 1.